The number of benzene rings is 1. The van der Waals surface area contributed by atoms with Gasteiger partial charge in [-0.2, -0.15) is 0 Å². The van der Waals surface area contributed by atoms with E-state index >= 15 is 0 Å². The normalized spacial score (nSPS) is 21.0. The standard InChI is InChI=1S/C36H51FN6O8S/c1-22-29(52-21-39-22)23-5-6-24(28(17-23)51-16-15-50-14-13-42-11-7-25(8-12-42)40-34(48)49)19-38-31(45)27-18-26(44)20-43(27)32(46)30(35(2,3)4)41-33(47)36(37)9-10-36/h5-6,17,21,25-27,30,40,44H,7-16,18-20H2,1-4H3,(H,38,45)(H,41,47)(H,48,49)/t26-,27+,30?/m1/s1. The molecule has 3 heterocycles. The number of amides is 4. The zero-order valence-corrected chi connectivity index (χ0v) is 31.1. The van der Waals surface area contributed by atoms with E-state index in [1.165, 1.54) is 16.2 Å². The number of aryl methyl sites for hydroxylation is 1. The maximum absolute atomic E-state index is 14.5. The van der Waals surface area contributed by atoms with Gasteiger partial charge in [-0.15, -0.1) is 11.3 Å². The number of ether oxygens (including phenoxy) is 2. The number of rotatable bonds is 15. The van der Waals surface area contributed by atoms with Crippen molar-refractivity contribution >= 4 is 35.2 Å². The van der Waals surface area contributed by atoms with Crippen LogP contribution in [0.4, 0.5) is 9.18 Å². The molecule has 0 spiro atoms. The number of piperidine rings is 1. The van der Waals surface area contributed by atoms with Crippen LogP contribution in [-0.4, -0.2) is 125 Å². The minimum absolute atomic E-state index is 0.0176. The van der Waals surface area contributed by atoms with E-state index in [0.717, 1.165) is 48.6 Å². The monoisotopic (exact) mass is 746 g/mol. The molecule has 0 bridgehead atoms. The van der Waals surface area contributed by atoms with Crippen LogP contribution in [-0.2, 0) is 25.7 Å². The van der Waals surface area contributed by atoms with Gasteiger partial charge in [0.15, 0.2) is 5.67 Å². The number of hydrogen-bond acceptors (Lipinski definition) is 10. The highest BCUT2D eigenvalue weighted by atomic mass is 32.1. The fourth-order valence-corrected chi connectivity index (χ4v) is 7.36. The summed E-state index contributed by atoms with van der Waals surface area (Å²) in [5, 5.41) is 27.5. The molecule has 3 atom stereocenters. The lowest BCUT2D eigenvalue weighted by atomic mass is 9.85. The molecule has 3 aliphatic rings. The summed E-state index contributed by atoms with van der Waals surface area (Å²) in [5.74, 6) is -1.29. The van der Waals surface area contributed by atoms with Crippen LogP contribution in [0.3, 0.4) is 0 Å². The Bertz CT molecular complexity index is 1590. The van der Waals surface area contributed by atoms with Gasteiger partial charge in [-0.1, -0.05) is 32.9 Å². The topological polar surface area (TPSA) is 183 Å². The molecule has 2 aliphatic heterocycles. The second-order valence-electron chi connectivity index (χ2n) is 15.0. The first-order valence-corrected chi connectivity index (χ1v) is 18.7. The maximum atomic E-state index is 14.5. The van der Waals surface area contributed by atoms with Crippen LogP contribution in [0, 0.1) is 12.3 Å². The second-order valence-corrected chi connectivity index (χ2v) is 15.8. The van der Waals surface area contributed by atoms with Crippen molar-refractivity contribution < 1.29 is 43.3 Å². The Kier molecular flexibility index (Phi) is 12.8. The van der Waals surface area contributed by atoms with Gasteiger partial charge in [-0.25, -0.2) is 14.2 Å². The molecule has 0 radical (unpaired) electrons. The Hall–Kier alpha value is -3.86. The molecular weight excluding hydrogens is 695 g/mol. The molecule has 2 saturated heterocycles. The predicted octanol–water partition coefficient (Wildman–Crippen LogP) is 2.86. The molecule has 1 aromatic heterocycles. The lowest BCUT2D eigenvalue weighted by Crippen LogP contribution is -2.59. The Morgan fingerprint density at radius 3 is 2.50 bits per heavy atom. The summed E-state index contributed by atoms with van der Waals surface area (Å²) in [6.45, 7) is 10.6. The number of nitrogens with one attached hydrogen (secondary N) is 3. The third kappa shape index (κ3) is 10.2. The fraction of sp³-hybridized carbons (Fsp3) is 0.639. The van der Waals surface area contributed by atoms with Crippen molar-refractivity contribution in [2.75, 3.05) is 46.0 Å². The first-order chi connectivity index (χ1) is 24.6. The number of thiazole rings is 1. The average Bonchev–Trinajstić information content (AvgIpc) is 3.50. The summed E-state index contributed by atoms with van der Waals surface area (Å²) >= 11 is 1.51. The fourth-order valence-electron chi connectivity index (χ4n) is 6.55. The van der Waals surface area contributed by atoms with Crippen LogP contribution in [0.25, 0.3) is 10.4 Å². The quantitative estimate of drug-likeness (QED) is 0.170. The summed E-state index contributed by atoms with van der Waals surface area (Å²) in [6.07, 6.45) is -0.167. The number of aliphatic hydroxyl groups excluding tert-OH is 1. The lowest BCUT2D eigenvalue weighted by Gasteiger charge is -2.35. The van der Waals surface area contributed by atoms with Crippen molar-refractivity contribution in [3.05, 3.63) is 35.0 Å². The van der Waals surface area contributed by atoms with Crippen LogP contribution < -0.4 is 20.7 Å². The van der Waals surface area contributed by atoms with Gasteiger partial charge in [-0.05, 0) is 49.7 Å². The number of nitrogens with zero attached hydrogens (tertiary/aromatic N) is 3. The molecule has 16 heteroatoms. The number of hydrogen-bond donors (Lipinski definition) is 5. The molecule has 1 aromatic carbocycles. The molecule has 1 saturated carbocycles. The van der Waals surface area contributed by atoms with Gasteiger partial charge >= 0.3 is 6.09 Å². The van der Waals surface area contributed by atoms with Gasteiger partial charge in [0.25, 0.3) is 5.91 Å². The number of likely N-dealkylation sites (tertiary alicyclic amines) is 2. The molecule has 14 nitrogen and oxygen atoms in total. The number of alkyl halides is 1. The average molecular weight is 747 g/mol. The molecule has 5 N–H and O–H groups in total. The van der Waals surface area contributed by atoms with E-state index in [9.17, 15) is 28.7 Å². The number of aliphatic hydroxyl groups is 1. The van der Waals surface area contributed by atoms with Crippen molar-refractivity contribution in [1.29, 1.82) is 0 Å². The zero-order chi connectivity index (χ0) is 37.6. The largest absolute Gasteiger partial charge is 0.491 e. The molecule has 3 fully saturated rings. The molecule has 286 valence electrons. The van der Waals surface area contributed by atoms with Crippen molar-refractivity contribution in [3.8, 4) is 16.2 Å². The van der Waals surface area contributed by atoms with Gasteiger partial charge in [0.1, 0.15) is 24.4 Å². The van der Waals surface area contributed by atoms with Crippen molar-refractivity contribution in [2.45, 2.75) is 96.2 Å². The van der Waals surface area contributed by atoms with E-state index in [0.29, 0.717) is 24.5 Å². The highest BCUT2D eigenvalue weighted by Crippen LogP contribution is 2.40. The maximum Gasteiger partial charge on any atom is 0.404 e. The van der Waals surface area contributed by atoms with E-state index < -0.39 is 53.1 Å². The van der Waals surface area contributed by atoms with E-state index in [-0.39, 0.29) is 45.0 Å². The Labute approximate surface area is 307 Å². The molecule has 52 heavy (non-hydrogen) atoms. The summed E-state index contributed by atoms with van der Waals surface area (Å²) in [4.78, 5) is 59.8. The Morgan fingerprint density at radius 1 is 1.13 bits per heavy atom. The highest BCUT2D eigenvalue weighted by molar-refractivity contribution is 7.13. The van der Waals surface area contributed by atoms with Gasteiger partial charge in [0.2, 0.25) is 11.8 Å². The number of halogens is 1. The van der Waals surface area contributed by atoms with Crippen LogP contribution in [0.1, 0.15) is 64.1 Å². The number of carbonyl (C=O) groups is 4. The number of carbonyl (C=O) groups excluding carboxylic acids is 3. The lowest BCUT2D eigenvalue weighted by molar-refractivity contribution is -0.145. The Morgan fingerprint density at radius 2 is 1.87 bits per heavy atom. The van der Waals surface area contributed by atoms with Gasteiger partial charge in [0.05, 0.1) is 35.4 Å². The van der Waals surface area contributed by atoms with Crippen LogP contribution in [0.5, 0.6) is 5.75 Å². The molecule has 1 aliphatic carbocycles. The third-order valence-electron chi connectivity index (χ3n) is 9.83. The van der Waals surface area contributed by atoms with Crippen LogP contribution in [0.2, 0.25) is 0 Å². The summed E-state index contributed by atoms with van der Waals surface area (Å²) < 4.78 is 26.6. The van der Waals surface area contributed by atoms with Crippen LogP contribution >= 0.6 is 11.3 Å². The van der Waals surface area contributed by atoms with Crippen molar-refractivity contribution in [1.82, 2.24) is 30.7 Å². The third-order valence-corrected chi connectivity index (χ3v) is 10.8. The van der Waals surface area contributed by atoms with Crippen molar-refractivity contribution in [3.63, 3.8) is 0 Å². The predicted molar refractivity (Wildman–Crippen MR) is 192 cm³/mol. The number of carboxylic acid groups (broad SMARTS) is 1. The summed E-state index contributed by atoms with van der Waals surface area (Å²) in [5.41, 5.74) is 1.53. The zero-order valence-electron chi connectivity index (χ0n) is 30.3. The molecule has 1 unspecified atom stereocenters. The molecule has 5 rings (SSSR count). The molecular formula is C36H51FN6O8S. The minimum Gasteiger partial charge on any atom is -0.491 e. The second kappa shape index (κ2) is 16.9. The first kappa shape index (κ1) is 39.3. The smallest absolute Gasteiger partial charge is 0.404 e. The summed E-state index contributed by atoms with van der Waals surface area (Å²) in [7, 11) is 0. The van der Waals surface area contributed by atoms with E-state index in [4.69, 9.17) is 14.6 Å². The minimum atomic E-state index is -1.97. The molecule has 2 aromatic rings. The number of β-amino-alcohol motifs (C(OH)–C–C–N with tert-alkyl or cyclic N) is 1. The Balaban J connectivity index is 1.18. The van der Waals surface area contributed by atoms with Crippen LogP contribution in [0.15, 0.2) is 23.7 Å². The van der Waals surface area contributed by atoms with Gasteiger partial charge in [-0.3, -0.25) is 14.4 Å². The highest BCUT2D eigenvalue weighted by Gasteiger charge is 2.53. The van der Waals surface area contributed by atoms with Crippen molar-refractivity contribution in [2.24, 2.45) is 5.41 Å². The molecule has 4 amide bonds. The number of aromatic nitrogens is 1. The van der Waals surface area contributed by atoms with E-state index in [2.05, 4.69) is 25.8 Å². The van der Waals surface area contributed by atoms with E-state index in [1.54, 1.807) is 26.3 Å². The van der Waals surface area contributed by atoms with Gasteiger partial charge in [0, 0.05) is 50.7 Å². The van der Waals surface area contributed by atoms with Gasteiger partial charge < -0.3 is 45.4 Å². The van der Waals surface area contributed by atoms with E-state index in [1.807, 2.05) is 25.1 Å². The first-order valence-electron chi connectivity index (χ1n) is 17.9. The SMILES string of the molecule is Cc1ncsc1-c1ccc(CNC(=O)[C@@H]2C[C@@H](O)CN2C(=O)C(NC(=O)C2(F)CC2)C(C)(C)C)c(OCCOCCN2CCC(NC(=O)O)CC2)c1. The summed E-state index contributed by atoms with van der Waals surface area (Å²) in [6, 6.07) is 3.61.